The van der Waals surface area contributed by atoms with E-state index in [4.69, 9.17) is 4.42 Å². The average Bonchev–Trinajstić information content (AvgIpc) is 3.39. The molecule has 0 spiro atoms. The van der Waals surface area contributed by atoms with E-state index in [2.05, 4.69) is 0 Å². The maximum Gasteiger partial charge on any atom is 0.242 e. The van der Waals surface area contributed by atoms with Crippen LogP contribution in [0.15, 0.2) is 59.2 Å². The van der Waals surface area contributed by atoms with Gasteiger partial charge in [-0.05, 0) is 61.7 Å². The smallest absolute Gasteiger partial charge is 0.242 e. The summed E-state index contributed by atoms with van der Waals surface area (Å²) in [5.74, 6) is 0.207. The highest BCUT2D eigenvalue weighted by Gasteiger charge is 2.32. The maximum absolute atomic E-state index is 13.4. The first-order valence-electron chi connectivity index (χ1n) is 10.9. The van der Waals surface area contributed by atoms with Gasteiger partial charge < -0.3 is 14.2 Å². The molecule has 1 fully saturated rings. The molecule has 1 aliphatic carbocycles. The van der Waals surface area contributed by atoms with Gasteiger partial charge in [0.2, 0.25) is 11.8 Å². The van der Waals surface area contributed by atoms with E-state index in [1.807, 2.05) is 25.1 Å². The summed E-state index contributed by atoms with van der Waals surface area (Å²) in [5, 5.41) is 0. The van der Waals surface area contributed by atoms with E-state index in [1.54, 1.807) is 45.6 Å². The number of amides is 2. The second kappa shape index (κ2) is 10.1. The first-order valence-corrected chi connectivity index (χ1v) is 11.7. The Morgan fingerprint density at radius 3 is 2.41 bits per heavy atom. The summed E-state index contributed by atoms with van der Waals surface area (Å²) in [7, 11) is 0. The Hall–Kier alpha value is -2.93. The molecular formula is C25H27FN2O3S. The maximum atomic E-state index is 13.4. The molecule has 4 rings (SSSR count). The summed E-state index contributed by atoms with van der Waals surface area (Å²) in [6.07, 6.45) is 4.36. The van der Waals surface area contributed by atoms with Crippen molar-refractivity contribution >= 4 is 23.2 Å². The Balaban J connectivity index is 1.52. The molecule has 2 heterocycles. The number of halogens is 1. The highest BCUT2D eigenvalue weighted by Crippen LogP contribution is 2.29. The van der Waals surface area contributed by atoms with E-state index < -0.39 is 0 Å². The van der Waals surface area contributed by atoms with Crippen LogP contribution < -0.4 is 0 Å². The van der Waals surface area contributed by atoms with Gasteiger partial charge in [-0.25, -0.2) is 4.39 Å². The Bertz CT molecular complexity index is 1040. The molecule has 1 saturated carbocycles. The Morgan fingerprint density at radius 2 is 1.81 bits per heavy atom. The molecule has 168 valence electrons. The number of hydrogen-bond donors (Lipinski definition) is 0. The summed E-state index contributed by atoms with van der Waals surface area (Å²) in [6.45, 7) is 3.09. The normalized spacial score (nSPS) is 13.6. The third kappa shape index (κ3) is 5.65. The van der Waals surface area contributed by atoms with Crippen LogP contribution in [0.3, 0.4) is 0 Å². The molecule has 5 nitrogen and oxygen atoms in total. The van der Waals surface area contributed by atoms with E-state index in [1.165, 1.54) is 17.0 Å². The molecule has 0 radical (unpaired) electrons. The van der Waals surface area contributed by atoms with Crippen molar-refractivity contribution in [1.82, 2.24) is 9.80 Å². The van der Waals surface area contributed by atoms with Crippen LogP contribution in [-0.2, 0) is 29.2 Å². The predicted octanol–water partition coefficient (Wildman–Crippen LogP) is 5.15. The number of furan rings is 1. The van der Waals surface area contributed by atoms with Gasteiger partial charge in [-0.15, -0.1) is 11.3 Å². The van der Waals surface area contributed by atoms with Crippen molar-refractivity contribution in [3.8, 4) is 0 Å². The molecule has 1 aliphatic rings. The highest BCUT2D eigenvalue weighted by molar-refractivity contribution is 7.11. The van der Waals surface area contributed by atoms with Gasteiger partial charge >= 0.3 is 0 Å². The molecule has 2 amide bonds. The number of hydrogen-bond acceptors (Lipinski definition) is 4. The second-order valence-corrected chi connectivity index (χ2v) is 9.66. The van der Waals surface area contributed by atoms with Crippen LogP contribution in [0.1, 0.15) is 40.3 Å². The molecule has 0 saturated heterocycles. The lowest BCUT2D eigenvalue weighted by Crippen LogP contribution is -2.45. The predicted molar refractivity (Wildman–Crippen MR) is 121 cm³/mol. The van der Waals surface area contributed by atoms with Crippen LogP contribution in [0.25, 0.3) is 0 Å². The van der Waals surface area contributed by atoms with Crippen molar-refractivity contribution in [3.63, 3.8) is 0 Å². The molecule has 32 heavy (non-hydrogen) atoms. The molecule has 7 heteroatoms. The molecule has 0 bridgehead atoms. The van der Waals surface area contributed by atoms with Crippen molar-refractivity contribution < 1.29 is 18.4 Å². The minimum absolute atomic E-state index is 0.00898. The van der Waals surface area contributed by atoms with Crippen LogP contribution in [0.2, 0.25) is 0 Å². The Morgan fingerprint density at radius 1 is 1.03 bits per heavy atom. The van der Waals surface area contributed by atoms with Crippen LogP contribution in [0.5, 0.6) is 0 Å². The van der Waals surface area contributed by atoms with Crippen molar-refractivity contribution in [2.45, 2.75) is 45.8 Å². The van der Waals surface area contributed by atoms with E-state index >= 15 is 0 Å². The van der Waals surface area contributed by atoms with Crippen LogP contribution in [0, 0.1) is 18.7 Å². The zero-order valence-electron chi connectivity index (χ0n) is 18.1. The van der Waals surface area contributed by atoms with Crippen molar-refractivity contribution in [1.29, 1.82) is 0 Å². The summed E-state index contributed by atoms with van der Waals surface area (Å²) in [6, 6.07) is 13.8. The van der Waals surface area contributed by atoms with E-state index in [0.717, 1.165) is 29.7 Å². The van der Waals surface area contributed by atoms with Crippen LogP contribution in [-0.4, -0.2) is 28.2 Å². The number of aryl methyl sites for hydroxylation is 1. The molecule has 0 atom stereocenters. The molecule has 0 N–H and O–H groups in total. The number of benzene rings is 1. The van der Waals surface area contributed by atoms with Gasteiger partial charge in [0.15, 0.2) is 0 Å². The summed E-state index contributed by atoms with van der Waals surface area (Å²) >= 11 is 1.64. The topological polar surface area (TPSA) is 53.8 Å². The number of thiophene rings is 1. The van der Waals surface area contributed by atoms with Crippen molar-refractivity contribution in [2.75, 3.05) is 6.54 Å². The molecule has 1 aromatic carbocycles. The first kappa shape index (κ1) is 22.3. The quantitative estimate of drug-likeness (QED) is 0.450. The van der Waals surface area contributed by atoms with Gasteiger partial charge in [0.05, 0.1) is 19.4 Å². The third-order valence-corrected chi connectivity index (χ3v) is 6.79. The molecule has 0 unspecified atom stereocenters. The Labute approximate surface area is 191 Å². The van der Waals surface area contributed by atoms with Gasteiger partial charge in [-0.2, -0.15) is 0 Å². The van der Waals surface area contributed by atoms with Gasteiger partial charge in [0.1, 0.15) is 18.1 Å². The fourth-order valence-corrected chi connectivity index (χ4v) is 4.69. The van der Waals surface area contributed by atoms with E-state index in [9.17, 15) is 14.0 Å². The first-order chi connectivity index (χ1) is 15.5. The zero-order chi connectivity index (χ0) is 22.5. The number of rotatable bonds is 9. The van der Waals surface area contributed by atoms with E-state index in [-0.39, 0.29) is 36.6 Å². The lowest BCUT2D eigenvalue weighted by molar-refractivity contribution is -0.146. The molecule has 3 aromatic rings. The monoisotopic (exact) mass is 454 g/mol. The molecular weight excluding hydrogens is 427 g/mol. The minimum atomic E-state index is -0.309. The van der Waals surface area contributed by atoms with Crippen molar-refractivity contribution in [3.05, 3.63) is 81.7 Å². The lowest BCUT2D eigenvalue weighted by atomic mass is 9.84. The fourth-order valence-electron chi connectivity index (χ4n) is 3.78. The second-order valence-electron chi connectivity index (χ2n) is 8.29. The SMILES string of the molecule is Cc1ccc(CN(Cc2ccc(F)cc2)C(=O)CN(Cc2ccco2)C(=O)C2CCC2)s1. The summed E-state index contributed by atoms with van der Waals surface area (Å²) in [5.41, 5.74) is 0.843. The van der Waals surface area contributed by atoms with Gasteiger partial charge in [-0.3, -0.25) is 9.59 Å². The number of carbonyl (C=O) groups is 2. The minimum Gasteiger partial charge on any atom is -0.467 e. The molecule has 0 aliphatic heterocycles. The van der Waals surface area contributed by atoms with Crippen molar-refractivity contribution in [2.24, 2.45) is 5.92 Å². The van der Waals surface area contributed by atoms with Crippen LogP contribution in [0.4, 0.5) is 4.39 Å². The zero-order valence-corrected chi connectivity index (χ0v) is 18.9. The average molecular weight is 455 g/mol. The van der Waals surface area contributed by atoms with Gasteiger partial charge in [0, 0.05) is 22.2 Å². The lowest BCUT2D eigenvalue weighted by Gasteiger charge is -2.32. The van der Waals surface area contributed by atoms with Crippen LogP contribution >= 0.6 is 11.3 Å². The summed E-state index contributed by atoms with van der Waals surface area (Å²) in [4.78, 5) is 32.1. The fraction of sp³-hybridized carbons (Fsp3) is 0.360. The summed E-state index contributed by atoms with van der Waals surface area (Å²) < 4.78 is 18.8. The molecule has 2 aromatic heterocycles. The Kier molecular flexibility index (Phi) is 7.05. The van der Waals surface area contributed by atoms with Gasteiger partial charge in [0.25, 0.3) is 0 Å². The third-order valence-electron chi connectivity index (χ3n) is 5.80. The highest BCUT2D eigenvalue weighted by atomic mass is 32.1. The van der Waals surface area contributed by atoms with E-state index in [0.29, 0.717) is 18.8 Å². The largest absolute Gasteiger partial charge is 0.467 e. The number of nitrogens with zero attached hydrogens (tertiary/aromatic N) is 2. The van der Waals surface area contributed by atoms with Gasteiger partial charge in [-0.1, -0.05) is 18.6 Å². The number of carbonyl (C=O) groups excluding carboxylic acids is 2. The standard InChI is InChI=1S/C25H27FN2O3S/c1-18-7-12-23(32-18)16-27(14-19-8-10-21(26)11-9-19)24(29)17-28(15-22-6-3-13-31-22)25(30)20-4-2-5-20/h3,6-13,20H,2,4-5,14-17H2,1H3.